The van der Waals surface area contributed by atoms with Crippen LogP contribution in [0.1, 0.15) is 12.8 Å². The fourth-order valence-corrected chi connectivity index (χ4v) is 1.14. The van der Waals surface area contributed by atoms with Gasteiger partial charge in [-0.05, 0) is 18.9 Å². The number of halogens is 3. The Labute approximate surface area is 66.5 Å². The topological polar surface area (TPSA) is 0 Å². The normalized spacial score (nSPS) is 20.1. The molecule has 0 nitrogen and oxygen atoms in total. The number of allylic oxidation sites excluding steroid dienone is 4. The maximum Gasteiger partial charge on any atom is 0.134 e. The fourth-order valence-electron chi connectivity index (χ4n) is 0.637. The van der Waals surface area contributed by atoms with Crippen molar-refractivity contribution in [3.8, 4) is 0 Å². The third-order valence-corrected chi connectivity index (χ3v) is 2.20. The molecule has 0 saturated heterocycles. The van der Waals surface area contributed by atoms with Crippen LogP contribution in [0.4, 0.5) is 4.39 Å². The zero-order valence-electron chi connectivity index (χ0n) is 4.63. The van der Waals surface area contributed by atoms with Crippen LogP contribution in [0.15, 0.2) is 21.4 Å². The number of hydrogen-bond acceptors (Lipinski definition) is 0. The molecule has 0 fully saturated rings. The van der Waals surface area contributed by atoms with E-state index >= 15 is 0 Å². The molecule has 0 saturated carbocycles. The summed E-state index contributed by atoms with van der Waals surface area (Å²) in [6, 6.07) is 0. The zero-order valence-corrected chi connectivity index (χ0v) is 6.97. The fraction of sp³-hybridized carbons (Fsp3) is 0.333. The van der Waals surface area contributed by atoms with E-state index in [1.165, 1.54) is 6.08 Å². The van der Waals surface area contributed by atoms with Gasteiger partial charge >= 0.3 is 0 Å². The molecule has 0 aromatic rings. The van der Waals surface area contributed by atoms with Crippen molar-refractivity contribution in [3.05, 3.63) is 21.4 Å². The van der Waals surface area contributed by atoms with Crippen molar-refractivity contribution in [2.75, 3.05) is 0 Å². The summed E-state index contributed by atoms with van der Waals surface area (Å²) in [5, 5.41) is 0.593. The van der Waals surface area contributed by atoms with E-state index in [0.717, 1.165) is 6.42 Å². The van der Waals surface area contributed by atoms with E-state index in [2.05, 4.69) is 15.9 Å². The summed E-state index contributed by atoms with van der Waals surface area (Å²) in [5.41, 5.74) is 0. The summed E-state index contributed by atoms with van der Waals surface area (Å²) >= 11 is 8.63. The van der Waals surface area contributed by atoms with Gasteiger partial charge in [0, 0.05) is 9.51 Å². The first-order valence-electron chi connectivity index (χ1n) is 2.60. The Bertz CT molecular complexity index is 183. The largest absolute Gasteiger partial charge is 0.206 e. The third-order valence-electron chi connectivity index (χ3n) is 1.13. The van der Waals surface area contributed by atoms with Gasteiger partial charge in [0.15, 0.2) is 0 Å². The molecular weight excluding hydrogens is 206 g/mol. The Morgan fingerprint density at radius 2 is 2.22 bits per heavy atom. The molecule has 3 heteroatoms. The van der Waals surface area contributed by atoms with Crippen LogP contribution in [-0.4, -0.2) is 0 Å². The summed E-state index contributed by atoms with van der Waals surface area (Å²) in [7, 11) is 0. The van der Waals surface area contributed by atoms with E-state index in [4.69, 9.17) is 11.6 Å². The molecule has 1 aliphatic carbocycles. The lowest BCUT2D eigenvalue weighted by Crippen LogP contribution is -1.86. The average molecular weight is 211 g/mol. The van der Waals surface area contributed by atoms with Crippen molar-refractivity contribution >= 4 is 27.5 Å². The van der Waals surface area contributed by atoms with Crippen molar-refractivity contribution in [2.45, 2.75) is 12.8 Å². The first kappa shape index (κ1) is 7.29. The lowest BCUT2D eigenvalue weighted by atomic mass is 10.2. The first-order valence-corrected chi connectivity index (χ1v) is 3.77. The van der Waals surface area contributed by atoms with Crippen LogP contribution in [0.2, 0.25) is 0 Å². The summed E-state index contributed by atoms with van der Waals surface area (Å²) in [5.74, 6) is -0.244. The van der Waals surface area contributed by atoms with Gasteiger partial charge in [-0.25, -0.2) is 4.39 Å². The zero-order chi connectivity index (χ0) is 6.85. The molecule has 0 aliphatic heterocycles. The molecule has 0 spiro atoms. The molecule has 0 bridgehead atoms. The smallest absolute Gasteiger partial charge is 0.134 e. The molecule has 50 valence electrons. The van der Waals surface area contributed by atoms with E-state index < -0.39 is 0 Å². The van der Waals surface area contributed by atoms with Crippen LogP contribution < -0.4 is 0 Å². The summed E-state index contributed by atoms with van der Waals surface area (Å²) in [6.07, 6.45) is 2.77. The first-order chi connectivity index (χ1) is 4.20. The van der Waals surface area contributed by atoms with Crippen molar-refractivity contribution in [1.29, 1.82) is 0 Å². The molecule has 0 N–H and O–H groups in total. The van der Waals surface area contributed by atoms with E-state index in [1.54, 1.807) is 0 Å². The minimum Gasteiger partial charge on any atom is -0.206 e. The highest BCUT2D eigenvalue weighted by Gasteiger charge is 2.08. The highest BCUT2D eigenvalue weighted by atomic mass is 79.9. The predicted octanol–water partition coefficient (Wildman–Crippen LogP) is 3.48. The highest BCUT2D eigenvalue weighted by molar-refractivity contribution is 9.11. The quantitative estimate of drug-likeness (QED) is 0.575. The third kappa shape index (κ3) is 1.80. The molecule has 0 aromatic carbocycles. The molecule has 0 amide bonds. The van der Waals surface area contributed by atoms with Crippen molar-refractivity contribution < 1.29 is 4.39 Å². The molecular formula is C6H5BrClF. The van der Waals surface area contributed by atoms with Gasteiger partial charge in [0.05, 0.1) is 0 Å². The Hall–Kier alpha value is 0.180. The van der Waals surface area contributed by atoms with E-state index in [-0.39, 0.29) is 5.83 Å². The maximum atomic E-state index is 12.5. The van der Waals surface area contributed by atoms with Crippen molar-refractivity contribution in [2.24, 2.45) is 0 Å². The molecule has 9 heavy (non-hydrogen) atoms. The van der Waals surface area contributed by atoms with Gasteiger partial charge < -0.3 is 0 Å². The lowest BCUT2D eigenvalue weighted by Gasteiger charge is -2.05. The molecule has 0 aromatic heterocycles. The van der Waals surface area contributed by atoms with Gasteiger partial charge in [-0.2, -0.15) is 0 Å². The summed E-state index contributed by atoms with van der Waals surface area (Å²) < 4.78 is 13.1. The van der Waals surface area contributed by atoms with Gasteiger partial charge in [-0.1, -0.05) is 27.5 Å². The SMILES string of the molecule is FC1=C(Br)CCC(Cl)=C1. The van der Waals surface area contributed by atoms with Crippen LogP contribution in [0, 0.1) is 0 Å². The molecule has 0 heterocycles. The standard InChI is InChI=1S/C6H5BrClF/c7-5-2-1-4(8)3-6(5)9/h3H,1-2H2. The van der Waals surface area contributed by atoms with Gasteiger partial charge in [0.25, 0.3) is 0 Å². The van der Waals surface area contributed by atoms with E-state index in [0.29, 0.717) is 15.9 Å². The van der Waals surface area contributed by atoms with Crippen molar-refractivity contribution in [3.63, 3.8) is 0 Å². The van der Waals surface area contributed by atoms with Gasteiger partial charge in [-0.15, -0.1) is 0 Å². The Morgan fingerprint density at radius 3 is 2.67 bits per heavy atom. The molecule has 0 unspecified atom stereocenters. The van der Waals surface area contributed by atoms with Crippen LogP contribution >= 0.6 is 27.5 Å². The Balaban J connectivity index is 2.83. The lowest BCUT2D eigenvalue weighted by molar-refractivity contribution is 0.648. The summed E-state index contributed by atoms with van der Waals surface area (Å²) in [6.45, 7) is 0. The van der Waals surface area contributed by atoms with E-state index in [1.807, 2.05) is 0 Å². The minimum absolute atomic E-state index is 0.244. The molecule has 1 aliphatic rings. The van der Waals surface area contributed by atoms with E-state index in [9.17, 15) is 4.39 Å². The number of rotatable bonds is 0. The predicted molar refractivity (Wildman–Crippen MR) is 40.2 cm³/mol. The second-order valence-electron chi connectivity index (χ2n) is 1.84. The van der Waals surface area contributed by atoms with Gasteiger partial charge in [0.2, 0.25) is 0 Å². The second-order valence-corrected chi connectivity index (χ2v) is 3.29. The van der Waals surface area contributed by atoms with Crippen LogP contribution in [0.25, 0.3) is 0 Å². The minimum atomic E-state index is -0.244. The van der Waals surface area contributed by atoms with Crippen LogP contribution in [-0.2, 0) is 0 Å². The average Bonchev–Trinajstić information content (AvgIpc) is 1.80. The Kier molecular flexibility index (Phi) is 2.30. The van der Waals surface area contributed by atoms with Crippen molar-refractivity contribution in [1.82, 2.24) is 0 Å². The highest BCUT2D eigenvalue weighted by Crippen LogP contribution is 2.29. The Morgan fingerprint density at radius 1 is 1.56 bits per heavy atom. The molecule has 1 rings (SSSR count). The molecule has 0 radical (unpaired) electrons. The summed E-state index contributed by atoms with van der Waals surface area (Å²) in [4.78, 5) is 0. The second kappa shape index (κ2) is 2.84. The maximum absolute atomic E-state index is 12.5. The molecule has 0 atom stereocenters. The van der Waals surface area contributed by atoms with Crippen LogP contribution in [0.3, 0.4) is 0 Å². The number of hydrogen-bond donors (Lipinski definition) is 0. The monoisotopic (exact) mass is 210 g/mol. The van der Waals surface area contributed by atoms with Gasteiger partial charge in [0.1, 0.15) is 5.83 Å². The van der Waals surface area contributed by atoms with Gasteiger partial charge in [-0.3, -0.25) is 0 Å². The van der Waals surface area contributed by atoms with Crippen LogP contribution in [0.5, 0.6) is 0 Å².